The molecule has 2 aliphatic heterocycles. The Bertz CT molecular complexity index is 3080. The van der Waals surface area contributed by atoms with E-state index in [9.17, 15) is 61.6 Å². The van der Waals surface area contributed by atoms with E-state index in [4.69, 9.17) is 4.74 Å². The number of aliphatic hydroxyl groups excluding tert-OH is 2. The molecule has 2 spiro atoms. The number of ether oxygens (including phenoxy) is 1. The van der Waals surface area contributed by atoms with Gasteiger partial charge in [0, 0.05) is 87.6 Å². The van der Waals surface area contributed by atoms with Gasteiger partial charge in [0.1, 0.15) is 29.9 Å². The number of ketones is 2. The summed E-state index contributed by atoms with van der Waals surface area (Å²) >= 11 is 0. The Morgan fingerprint density at radius 2 is 1.09 bits per heavy atom. The van der Waals surface area contributed by atoms with Crippen molar-refractivity contribution in [2.24, 2.45) is 11.8 Å². The first-order chi connectivity index (χ1) is 33.8. The molecule has 0 saturated heterocycles. The van der Waals surface area contributed by atoms with Crippen molar-refractivity contribution in [1.29, 1.82) is 0 Å². The largest absolute Gasteiger partial charge is 0.503 e. The van der Waals surface area contributed by atoms with E-state index in [1.54, 1.807) is 14.4 Å². The number of aromatic nitrogens is 2. The van der Waals surface area contributed by atoms with Crippen molar-refractivity contribution < 1.29 is 56.8 Å². The summed E-state index contributed by atoms with van der Waals surface area (Å²) in [4.78, 5) is 82.6. The number of carbonyl (C=O) groups is 4. The van der Waals surface area contributed by atoms with Crippen LogP contribution in [0, 0.1) is 35.1 Å². The summed E-state index contributed by atoms with van der Waals surface area (Å²) in [6.45, 7) is 7.78. The number of fused-ring (bicyclic) bond motifs is 4. The first-order valence-electron chi connectivity index (χ1n) is 23.5. The molecule has 74 heavy (non-hydrogen) atoms. The predicted octanol–water partition coefficient (Wildman–Crippen LogP) is 8.01. The van der Waals surface area contributed by atoms with Gasteiger partial charge in [-0.3, -0.25) is 28.8 Å². The zero-order valence-corrected chi connectivity index (χ0v) is 40.8. The molecule has 14 nitrogen and oxygen atoms in total. The lowest BCUT2D eigenvalue weighted by molar-refractivity contribution is 0.0544. The van der Waals surface area contributed by atoms with Gasteiger partial charge in [0.05, 0.1) is 22.2 Å². The summed E-state index contributed by atoms with van der Waals surface area (Å²) in [6, 6.07) is 15.0. The molecule has 0 radical (unpaired) electrons. The van der Waals surface area contributed by atoms with Crippen molar-refractivity contribution in [3.05, 3.63) is 162 Å². The highest BCUT2D eigenvalue weighted by molar-refractivity contribution is 6.01. The number of hydrogen-bond donors (Lipinski definition) is 3. The molecule has 2 fully saturated rings. The second-order valence-corrected chi connectivity index (χ2v) is 19.4. The zero-order valence-electron chi connectivity index (χ0n) is 40.0. The number of benzene rings is 3. The maximum absolute atomic E-state index is 14.2. The van der Waals surface area contributed by atoms with Crippen LogP contribution >= 0.6 is 12.4 Å². The molecule has 2 amide bonds. The first kappa shape index (κ1) is 58.3. The Kier molecular flexibility index (Phi) is 18.0. The molecule has 0 unspecified atom stereocenters. The lowest BCUT2D eigenvalue weighted by Crippen LogP contribution is -2.52. The molecule has 9 rings (SSSR count). The third-order valence-electron chi connectivity index (χ3n) is 14.3. The van der Waals surface area contributed by atoms with E-state index in [0.717, 1.165) is 29.8 Å². The number of hydrogen-bond acceptors (Lipinski definition) is 10. The number of amides is 2. The highest BCUT2D eigenvalue weighted by Gasteiger charge is 2.62. The fraction of sp³-hybridized carbons (Fsp3) is 0.418. The predicted molar refractivity (Wildman–Crippen MR) is 271 cm³/mol. The molecule has 4 heterocycles. The highest BCUT2D eigenvalue weighted by Crippen LogP contribution is 2.55. The number of aryl methyl sites for hydroxylation is 2. The molecule has 2 aliphatic carbocycles. The van der Waals surface area contributed by atoms with Crippen molar-refractivity contribution in [2.75, 3.05) is 26.3 Å². The Morgan fingerprint density at radius 1 is 0.662 bits per heavy atom. The van der Waals surface area contributed by atoms with Gasteiger partial charge in [0.15, 0.2) is 34.5 Å². The number of Topliss-reactive ketones (excluding diaryl/α,β-unsaturated/α-hetero) is 2. The van der Waals surface area contributed by atoms with Crippen LogP contribution in [0.25, 0.3) is 0 Å². The van der Waals surface area contributed by atoms with Gasteiger partial charge in [-0.15, -0.1) is 12.4 Å². The van der Waals surface area contributed by atoms with E-state index in [0.29, 0.717) is 25.9 Å². The average molecular weight is 1050 g/mol. The quantitative estimate of drug-likeness (QED) is 0.0685. The second-order valence-electron chi connectivity index (χ2n) is 19.4. The number of aromatic hydroxyl groups is 1. The smallest absolute Gasteiger partial charge is 0.274 e. The molecule has 2 saturated carbocycles. The summed E-state index contributed by atoms with van der Waals surface area (Å²) in [5.41, 5.74) is -2.58. The van der Waals surface area contributed by atoms with E-state index in [1.165, 1.54) is 29.1 Å². The van der Waals surface area contributed by atoms with Crippen LogP contribution in [0.3, 0.4) is 0 Å². The molecule has 3 N–H and O–H groups in total. The molecular formula is C55H63ClF4N4O10. The van der Waals surface area contributed by atoms with Crippen LogP contribution in [0.2, 0.25) is 0 Å². The average Bonchev–Trinajstić information content (AvgIpc) is 4.25. The van der Waals surface area contributed by atoms with E-state index < -0.39 is 68.4 Å². The van der Waals surface area contributed by atoms with Crippen molar-refractivity contribution in [1.82, 2.24) is 18.9 Å². The van der Waals surface area contributed by atoms with Gasteiger partial charge in [0.25, 0.3) is 11.8 Å². The molecule has 398 valence electrons. The minimum Gasteiger partial charge on any atom is -0.503 e. The molecular weight excluding hydrogens is 988 g/mol. The molecule has 4 aliphatic rings. The van der Waals surface area contributed by atoms with Gasteiger partial charge in [-0.2, -0.15) is 0 Å². The number of pyridine rings is 2. The van der Waals surface area contributed by atoms with Crippen LogP contribution < -0.4 is 15.6 Å². The summed E-state index contributed by atoms with van der Waals surface area (Å²) in [5.74, 6) is -6.43. The van der Waals surface area contributed by atoms with Crippen LogP contribution in [-0.4, -0.2) is 96.0 Å². The van der Waals surface area contributed by atoms with Gasteiger partial charge in [0.2, 0.25) is 10.9 Å². The standard InChI is InChI=1S/C30H30F2N2O5.C23H24F2N2O5.2CH4.ClH/c1-18(2)33-17-30(13-21(30)15-35)34-14-23(25(36)11-9-20-8-10-22(31)12-24(20)32)27(37)28(26(34)29(33)38)39-16-19-6-4-3-5-7-19;1-12(2)26-11-23(8-14(23)10-28)27-9-16(20(30)21(31)19(27)22(26)32)18(29)6-4-13-3-5-15(24)7-17(13)25;;;/h3-8,10,12,14,18,21,35H,9,11,13,15-17H2,1-2H3;3,5,7,9,12,14,28,31H,4,6,8,10-11H2,1-2H3;2*1H4;1H/t21-,30-;14-,23-;;;/m11.../s1. The van der Waals surface area contributed by atoms with Gasteiger partial charge in [-0.05, 0) is 82.2 Å². The topological polar surface area (TPSA) is 189 Å². The fourth-order valence-electron chi connectivity index (χ4n) is 9.95. The van der Waals surface area contributed by atoms with Crippen LogP contribution in [0.4, 0.5) is 17.6 Å². The van der Waals surface area contributed by atoms with Crippen molar-refractivity contribution in [3.63, 3.8) is 0 Å². The Labute approximate surface area is 432 Å². The van der Waals surface area contributed by atoms with Crippen LogP contribution in [0.15, 0.2) is 88.7 Å². The lowest BCUT2D eigenvalue weighted by Gasteiger charge is -2.40. The minimum atomic E-state index is -0.962. The monoisotopic (exact) mass is 1050 g/mol. The normalized spacial score (nSPS) is 19.9. The number of carbonyl (C=O) groups excluding carboxylic acids is 4. The van der Waals surface area contributed by atoms with Crippen LogP contribution in [-0.2, 0) is 30.5 Å². The minimum absolute atomic E-state index is 0. The van der Waals surface area contributed by atoms with Crippen LogP contribution in [0.5, 0.6) is 11.5 Å². The number of rotatable bonds is 15. The first-order valence-corrected chi connectivity index (χ1v) is 23.5. The summed E-state index contributed by atoms with van der Waals surface area (Å²) in [5, 5.41) is 30.4. The van der Waals surface area contributed by atoms with Crippen LogP contribution in [0.1, 0.15) is 127 Å². The summed E-state index contributed by atoms with van der Waals surface area (Å²) in [7, 11) is 0. The molecule has 0 bridgehead atoms. The third-order valence-corrected chi connectivity index (χ3v) is 14.3. The van der Waals surface area contributed by atoms with Gasteiger partial charge >= 0.3 is 0 Å². The summed E-state index contributed by atoms with van der Waals surface area (Å²) < 4.78 is 63.6. The summed E-state index contributed by atoms with van der Waals surface area (Å²) in [6.07, 6.45) is 3.27. The molecule has 2 aromatic heterocycles. The number of aliphatic hydroxyl groups is 2. The van der Waals surface area contributed by atoms with Gasteiger partial charge in [-0.1, -0.05) is 57.3 Å². The molecule has 4 atom stereocenters. The van der Waals surface area contributed by atoms with Gasteiger partial charge in [-0.25, -0.2) is 17.6 Å². The molecule has 19 heteroatoms. The maximum Gasteiger partial charge on any atom is 0.274 e. The number of halogens is 5. The van der Waals surface area contributed by atoms with Gasteiger partial charge < -0.3 is 39.0 Å². The second kappa shape index (κ2) is 22.9. The Hall–Kier alpha value is -6.63. The fourth-order valence-corrected chi connectivity index (χ4v) is 9.95. The molecule has 5 aromatic rings. The van der Waals surface area contributed by atoms with Crippen molar-refractivity contribution >= 4 is 35.8 Å². The molecule has 3 aromatic carbocycles. The Balaban J connectivity index is 0.000000268. The van der Waals surface area contributed by atoms with Crippen molar-refractivity contribution in [2.45, 2.75) is 111 Å². The van der Waals surface area contributed by atoms with E-state index >= 15 is 0 Å². The van der Waals surface area contributed by atoms with Crippen molar-refractivity contribution in [3.8, 4) is 11.5 Å². The third kappa shape index (κ3) is 10.8. The van der Waals surface area contributed by atoms with E-state index in [1.807, 2.05) is 58.0 Å². The van der Waals surface area contributed by atoms with E-state index in [-0.39, 0.29) is 142 Å². The SMILES string of the molecule is C.C.CC(C)N1C[C@@]2(C[C@@H]2CO)n2cc(C(=O)CCc3ccc(F)cc3F)c(=O)c(O)c2C1=O.CC(C)N1C[C@@]2(C[C@@H]2CO)n2cc(C(=O)CCc3ccc(F)cc3F)c(=O)c(OCc3ccccc3)c2C1=O.Cl. The van der Waals surface area contributed by atoms with E-state index in [2.05, 4.69) is 0 Å². The maximum atomic E-state index is 14.2. The Morgan fingerprint density at radius 3 is 1.51 bits per heavy atom. The number of nitrogens with zero attached hydrogens (tertiary/aromatic N) is 4. The highest BCUT2D eigenvalue weighted by atomic mass is 35.5. The lowest BCUT2D eigenvalue weighted by atomic mass is 9.99. The zero-order chi connectivity index (χ0) is 51.3.